The molecule has 2 aromatic rings. The van der Waals surface area contributed by atoms with Crippen LogP contribution in [0.4, 0.5) is 10.1 Å². The molecule has 0 spiro atoms. The Kier molecular flexibility index (Phi) is 7.43. The number of rotatable bonds is 8. The number of likely N-dealkylation sites (N-methyl/N-ethyl adjacent to an activating group) is 1. The number of hydrogen-bond acceptors (Lipinski definition) is 5. The lowest BCUT2D eigenvalue weighted by atomic mass is 10.2. The molecule has 0 saturated carbocycles. The number of carbonyl (C=O) groups is 1. The summed E-state index contributed by atoms with van der Waals surface area (Å²) in [6, 6.07) is 13.9. The van der Waals surface area contributed by atoms with Crippen LogP contribution in [0.1, 0.15) is 5.56 Å². The summed E-state index contributed by atoms with van der Waals surface area (Å²) in [6.07, 6.45) is 1.54. The highest BCUT2D eigenvalue weighted by molar-refractivity contribution is 8.00. The molecule has 5 nitrogen and oxygen atoms in total. The zero-order valence-electron chi connectivity index (χ0n) is 13.9. The standard InChI is InChI=1S/C18H20FN3O2S/c1-22(10-11-23)15-8-6-14(7-9-15)12-20-21-18(24)13-25-17-5-3-2-4-16(17)19/h2-9,12,23H,10-11,13H2,1H3,(H,21,24)/b20-12-. The molecule has 0 aliphatic heterocycles. The fourth-order valence-electron chi connectivity index (χ4n) is 2.01. The van der Waals surface area contributed by atoms with Crippen molar-refractivity contribution in [3.05, 3.63) is 59.9 Å². The summed E-state index contributed by atoms with van der Waals surface area (Å²) in [6.45, 7) is 0.653. The highest BCUT2D eigenvalue weighted by Gasteiger charge is 2.05. The fourth-order valence-corrected chi connectivity index (χ4v) is 2.74. The lowest BCUT2D eigenvalue weighted by molar-refractivity contribution is -0.118. The maximum absolute atomic E-state index is 13.5. The van der Waals surface area contributed by atoms with E-state index in [1.54, 1.807) is 24.4 Å². The first kappa shape index (κ1) is 19.0. The van der Waals surface area contributed by atoms with E-state index in [0.29, 0.717) is 11.4 Å². The SMILES string of the molecule is CN(CCO)c1ccc(/C=N\NC(=O)CSc2ccccc2F)cc1. The van der Waals surface area contributed by atoms with Gasteiger partial charge in [0, 0.05) is 24.2 Å². The Morgan fingerprint density at radius 1 is 1.28 bits per heavy atom. The third kappa shape index (κ3) is 6.21. The Hall–Kier alpha value is -2.38. The fraction of sp³-hybridized carbons (Fsp3) is 0.222. The van der Waals surface area contributed by atoms with Gasteiger partial charge in [0.1, 0.15) is 5.82 Å². The van der Waals surface area contributed by atoms with E-state index >= 15 is 0 Å². The van der Waals surface area contributed by atoms with Crippen LogP contribution in [0.15, 0.2) is 58.5 Å². The average Bonchev–Trinajstić information content (AvgIpc) is 2.62. The van der Waals surface area contributed by atoms with Crippen LogP contribution in [0.3, 0.4) is 0 Å². The first-order chi connectivity index (χ1) is 12.1. The van der Waals surface area contributed by atoms with Crippen LogP contribution in [0.5, 0.6) is 0 Å². The number of benzene rings is 2. The minimum atomic E-state index is -0.338. The Morgan fingerprint density at radius 2 is 2.00 bits per heavy atom. The van der Waals surface area contributed by atoms with Crippen LogP contribution in [-0.4, -0.2) is 43.2 Å². The molecule has 25 heavy (non-hydrogen) atoms. The van der Waals surface area contributed by atoms with Crippen molar-refractivity contribution in [2.75, 3.05) is 30.9 Å². The van der Waals surface area contributed by atoms with Gasteiger partial charge in [-0.25, -0.2) is 9.82 Å². The third-order valence-electron chi connectivity index (χ3n) is 3.37. The van der Waals surface area contributed by atoms with E-state index in [0.717, 1.165) is 23.0 Å². The van der Waals surface area contributed by atoms with Gasteiger partial charge in [-0.15, -0.1) is 11.8 Å². The second-order valence-electron chi connectivity index (χ2n) is 5.25. The van der Waals surface area contributed by atoms with Crippen molar-refractivity contribution in [1.82, 2.24) is 5.43 Å². The normalized spacial score (nSPS) is 10.8. The molecule has 2 aromatic carbocycles. The van der Waals surface area contributed by atoms with Gasteiger partial charge in [0.25, 0.3) is 0 Å². The second kappa shape index (κ2) is 9.80. The van der Waals surface area contributed by atoms with Crippen LogP contribution in [0, 0.1) is 5.82 Å². The van der Waals surface area contributed by atoms with Crippen molar-refractivity contribution in [2.45, 2.75) is 4.90 Å². The summed E-state index contributed by atoms with van der Waals surface area (Å²) >= 11 is 1.12. The largest absolute Gasteiger partial charge is 0.395 e. The van der Waals surface area contributed by atoms with E-state index in [1.165, 1.54) is 6.07 Å². The number of aliphatic hydroxyl groups is 1. The number of carbonyl (C=O) groups excluding carboxylic acids is 1. The molecule has 2 rings (SSSR count). The number of halogens is 1. The molecule has 2 N–H and O–H groups in total. The van der Waals surface area contributed by atoms with Crippen molar-refractivity contribution in [3.63, 3.8) is 0 Å². The third-order valence-corrected chi connectivity index (χ3v) is 4.42. The maximum Gasteiger partial charge on any atom is 0.250 e. The van der Waals surface area contributed by atoms with Gasteiger partial charge in [-0.2, -0.15) is 5.10 Å². The lowest BCUT2D eigenvalue weighted by Gasteiger charge is -2.17. The van der Waals surface area contributed by atoms with Gasteiger partial charge in [-0.3, -0.25) is 4.79 Å². The highest BCUT2D eigenvalue weighted by Crippen LogP contribution is 2.20. The lowest BCUT2D eigenvalue weighted by Crippen LogP contribution is -2.21. The van der Waals surface area contributed by atoms with Crippen LogP contribution in [0.2, 0.25) is 0 Å². The van der Waals surface area contributed by atoms with Gasteiger partial charge >= 0.3 is 0 Å². The Morgan fingerprint density at radius 3 is 2.68 bits per heavy atom. The van der Waals surface area contributed by atoms with Gasteiger partial charge in [-0.05, 0) is 29.8 Å². The number of nitrogens with zero attached hydrogens (tertiary/aromatic N) is 2. The molecule has 0 atom stereocenters. The quantitative estimate of drug-likeness (QED) is 0.431. The van der Waals surface area contributed by atoms with E-state index in [-0.39, 0.29) is 24.1 Å². The minimum absolute atomic E-state index is 0.0865. The summed E-state index contributed by atoms with van der Waals surface area (Å²) in [5.41, 5.74) is 4.24. The summed E-state index contributed by atoms with van der Waals surface area (Å²) < 4.78 is 13.5. The predicted molar refractivity (Wildman–Crippen MR) is 99.7 cm³/mol. The molecule has 0 bridgehead atoms. The van der Waals surface area contributed by atoms with Crippen LogP contribution in [0.25, 0.3) is 0 Å². The molecule has 0 radical (unpaired) electrons. The molecule has 7 heteroatoms. The zero-order valence-corrected chi connectivity index (χ0v) is 14.7. The molecule has 0 aromatic heterocycles. The molecule has 0 aliphatic carbocycles. The molecular weight excluding hydrogens is 341 g/mol. The van der Waals surface area contributed by atoms with Crippen molar-refractivity contribution >= 4 is 29.6 Å². The van der Waals surface area contributed by atoms with Gasteiger partial charge in [0.15, 0.2) is 0 Å². The molecule has 0 unspecified atom stereocenters. The average molecular weight is 361 g/mol. The first-order valence-corrected chi connectivity index (χ1v) is 8.70. The topological polar surface area (TPSA) is 64.9 Å². The number of nitrogens with one attached hydrogen (secondary N) is 1. The minimum Gasteiger partial charge on any atom is -0.395 e. The molecule has 0 aliphatic rings. The van der Waals surface area contributed by atoms with Crippen LogP contribution >= 0.6 is 11.8 Å². The summed E-state index contributed by atoms with van der Waals surface area (Å²) in [5, 5.41) is 12.8. The van der Waals surface area contributed by atoms with E-state index in [4.69, 9.17) is 5.11 Å². The maximum atomic E-state index is 13.5. The van der Waals surface area contributed by atoms with Crippen molar-refractivity contribution < 1.29 is 14.3 Å². The Labute approximate surface area is 150 Å². The van der Waals surface area contributed by atoms with E-state index < -0.39 is 0 Å². The summed E-state index contributed by atoms with van der Waals surface area (Å²) in [7, 11) is 1.90. The Bertz CT molecular complexity index is 723. The molecular formula is C18H20FN3O2S. The van der Waals surface area contributed by atoms with E-state index in [1.807, 2.05) is 36.2 Å². The molecule has 0 heterocycles. The Balaban J connectivity index is 1.80. The first-order valence-electron chi connectivity index (χ1n) is 7.71. The predicted octanol–water partition coefficient (Wildman–Crippen LogP) is 2.50. The van der Waals surface area contributed by atoms with E-state index in [9.17, 15) is 9.18 Å². The zero-order chi connectivity index (χ0) is 18.1. The van der Waals surface area contributed by atoms with Gasteiger partial charge < -0.3 is 10.0 Å². The number of aliphatic hydroxyl groups excluding tert-OH is 1. The van der Waals surface area contributed by atoms with Crippen molar-refractivity contribution in [3.8, 4) is 0 Å². The molecule has 0 saturated heterocycles. The number of anilines is 1. The molecule has 132 valence electrons. The van der Waals surface area contributed by atoms with Gasteiger partial charge in [0.05, 0.1) is 18.6 Å². The number of hydrogen-bond donors (Lipinski definition) is 2. The second-order valence-corrected chi connectivity index (χ2v) is 6.27. The molecule has 1 amide bonds. The number of amides is 1. The molecule has 0 fully saturated rings. The smallest absolute Gasteiger partial charge is 0.250 e. The summed E-state index contributed by atoms with van der Waals surface area (Å²) in [5.74, 6) is -0.553. The van der Waals surface area contributed by atoms with Crippen LogP contribution in [-0.2, 0) is 4.79 Å². The van der Waals surface area contributed by atoms with E-state index in [2.05, 4.69) is 10.5 Å². The summed E-state index contributed by atoms with van der Waals surface area (Å²) in [4.78, 5) is 14.1. The monoisotopic (exact) mass is 361 g/mol. The van der Waals surface area contributed by atoms with Crippen LogP contribution < -0.4 is 10.3 Å². The number of hydrazone groups is 1. The van der Waals surface area contributed by atoms with Crippen molar-refractivity contribution in [2.24, 2.45) is 5.10 Å². The van der Waals surface area contributed by atoms with Gasteiger partial charge in [0.2, 0.25) is 5.91 Å². The number of thioether (sulfide) groups is 1. The van der Waals surface area contributed by atoms with Crippen molar-refractivity contribution in [1.29, 1.82) is 0 Å². The highest BCUT2D eigenvalue weighted by atomic mass is 32.2. The van der Waals surface area contributed by atoms with Gasteiger partial charge in [-0.1, -0.05) is 24.3 Å².